The molecule has 0 aliphatic carbocycles. The van der Waals surface area contributed by atoms with E-state index in [1.165, 1.54) is 0 Å². The summed E-state index contributed by atoms with van der Waals surface area (Å²) in [6.07, 6.45) is 2.92. The topological polar surface area (TPSA) is 111 Å². The van der Waals surface area contributed by atoms with Gasteiger partial charge in [0.2, 0.25) is 5.88 Å². The van der Waals surface area contributed by atoms with Crippen LogP contribution in [0.1, 0.15) is 32.7 Å². The number of pyridine rings is 2. The molecule has 0 radical (unpaired) electrons. The van der Waals surface area contributed by atoms with E-state index in [1.54, 1.807) is 25.4 Å². The number of amides is 2. The number of aromatic nitrogens is 4. The maximum absolute atomic E-state index is 13.3. The molecule has 2 amide bonds. The van der Waals surface area contributed by atoms with Gasteiger partial charge in [0, 0.05) is 24.4 Å². The van der Waals surface area contributed by atoms with Crippen LogP contribution < -0.4 is 15.4 Å². The number of rotatable bonds is 11. The van der Waals surface area contributed by atoms with Crippen molar-refractivity contribution in [2.45, 2.75) is 12.0 Å². The summed E-state index contributed by atoms with van der Waals surface area (Å²) in [6.45, 7) is 0.433. The molecule has 0 saturated heterocycles. The molecule has 0 aliphatic heterocycles. The number of carbonyl (C=O) groups is 2. The lowest BCUT2D eigenvalue weighted by Crippen LogP contribution is -2.38. The molecule has 7 aromatic rings. The van der Waals surface area contributed by atoms with E-state index in [4.69, 9.17) is 14.8 Å². The van der Waals surface area contributed by atoms with Crippen LogP contribution in [0.5, 0.6) is 5.88 Å². The highest BCUT2D eigenvalue weighted by molar-refractivity contribution is 6.01. The van der Waals surface area contributed by atoms with Gasteiger partial charge >= 0.3 is 6.03 Å². The van der Waals surface area contributed by atoms with E-state index in [0.29, 0.717) is 53.1 Å². The summed E-state index contributed by atoms with van der Waals surface area (Å²) >= 11 is 0. The fourth-order valence-corrected chi connectivity index (χ4v) is 6.47. The van der Waals surface area contributed by atoms with Crippen LogP contribution in [0.4, 0.5) is 10.6 Å². The zero-order chi connectivity index (χ0) is 34.3. The third kappa shape index (κ3) is 6.08. The van der Waals surface area contributed by atoms with Gasteiger partial charge in [0.05, 0.1) is 23.7 Å². The van der Waals surface area contributed by atoms with E-state index in [2.05, 4.69) is 52.0 Å². The second-order valence-electron chi connectivity index (χ2n) is 11.7. The third-order valence-electron chi connectivity index (χ3n) is 8.68. The molecule has 3 aromatic heterocycles. The highest BCUT2D eigenvalue weighted by Crippen LogP contribution is 2.45. The maximum atomic E-state index is 13.3. The summed E-state index contributed by atoms with van der Waals surface area (Å²) in [7, 11) is 1.57. The van der Waals surface area contributed by atoms with Gasteiger partial charge in [0.25, 0.3) is 0 Å². The van der Waals surface area contributed by atoms with E-state index in [1.807, 2.05) is 95.7 Å². The molecule has 0 bridgehead atoms. The molecule has 0 fully saturated rings. The molecule has 0 aliphatic rings. The van der Waals surface area contributed by atoms with Crippen molar-refractivity contribution < 1.29 is 14.3 Å². The summed E-state index contributed by atoms with van der Waals surface area (Å²) < 4.78 is 7.94. The van der Waals surface area contributed by atoms with Crippen molar-refractivity contribution in [3.8, 4) is 17.1 Å². The first-order valence-electron chi connectivity index (χ1n) is 16.3. The van der Waals surface area contributed by atoms with Gasteiger partial charge in [0.15, 0.2) is 6.29 Å². The second-order valence-corrected chi connectivity index (χ2v) is 11.7. The van der Waals surface area contributed by atoms with E-state index < -0.39 is 11.6 Å². The van der Waals surface area contributed by atoms with Crippen LogP contribution in [0.2, 0.25) is 0 Å². The molecule has 0 saturated carbocycles. The number of urea groups is 1. The lowest BCUT2D eigenvalue weighted by atomic mass is 9.77. The van der Waals surface area contributed by atoms with E-state index in [-0.39, 0.29) is 5.69 Å². The zero-order valence-electron chi connectivity index (χ0n) is 27.4. The Morgan fingerprint density at radius 2 is 1.38 bits per heavy atom. The minimum Gasteiger partial charge on any atom is -0.479 e. The average Bonchev–Trinajstić information content (AvgIpc) is 3.55. The number of nitrogens with zero attached hydrogens (tertiary/aromatic N) is 4. The van der Waals surface area contributed by atoms with Crippen molar-refractivity contribution in [2.75, 3.05) is 19.0 Å². The van der Waals surface area contributed by atoms with Crippen molar-refractivity contribution in [1.82, 2.24) is 25.1 Å². The first kappa shape index (κ1) is 32.0. The number of anilines is 1. The van der Waals surface area contributed by atoms with Gasteiger partial charge < -0.3 is 10.1 Å². The highest BCUT2D eigenvalue weighted by Gasteiger charge is 2.41. The van der Waals surface area contributed by atoms with Crippen LogP contribution >= 0.6 is 0 Å². The van der Waals surface area contributed by atoms with E-state index in [0.717, 1.165) is 22.3 Å². The van der Waals surface area contributed by atoms with Crippen LogP contribution in [-0.4, -0.2) is 45.7 Å². The average molecular weight is 659 g/mol. The summed E-state index contributed by atoms with van der Waals surface area (Å²) in [5.41, 5.74) is 4.99. The molecule has 3 heterocycles. The van der Waals surface area contributed by atoms with Crippen molar-refractivity contribution in [1.29, 1.82) is 0 Å². The molecule has 7 rings (SSSR count). The van der Waals surface area contributed by atoms with Gasteiger partial charge in [-0.2, -0.15) is 0 Å². The molecule has 0 spiro atoms. The predicted octanol–water partition coefficient (Wildman–Crippen LogP) is 7.52. The molecule has 2 N–H and O–H groups in total. The van der Waals surface area contributed by atoms with Gasteiger partial charge in [0.1, 0.15) is 17.1 Å². The molecule has 4 aromatic carbocycles. The Bertz CT molecular complexity index is 2140. The Hall–Kier alpha value is -6.61. The van der Waals surface area contributed by atoms with E-state index in [9.17, 15) is 9.59 Å². The SMILES string of the molecule is COc1nn(C(c2ccccc2)(c2ccccc2)c2ccccc2)c2cc(NC(=O)NCCc3ccccc3)nc(-c3ccnc(C=O)c3)c12. The minimum absolute atomic E-state index is 0.244. The normalized spacial score (nSPS) is 11.2. The zero-order valence-corrected chi connectivity index (χ0v) is 27.4. The number of aldehydes is 1. The fraction of sp³-hybridized carbons (Fsp3) is 0.0976. The summed E-state index contributed by atoms with van der Waals surface area (Å²) in [4.78, 5) is 34.2. The first-order chi connectivity index (χ1) is 24.6. The molecule has 246 valence electrons. The van der Waals surface area contributed by atoms with E-state index >= 15 is 0 Å². The largest absolute Gasteiger partial charge is 0.479 e. The van der Waals surface area contributed by atoms with Gasteiger partial charge in [-0.05, 0) is 40.8 Å². The summed E-state index contributed by atoms with van der Waals surface area (Å²) in [5.74, 6) is 0.624. The van der Waals surface area contributed by atoms with Crippen molar-refractivity contribution in [3.63, 3.8) is 0 Å². The van der Waals surface area contributed by atoms with Gasteiger partial charge in [-0.3, -0.25) is 15.1 Å². The number of hydrogen-bond donors (Lipinski definition) is 2. The Labute approximate surface area is 289 Å². The number of methoxy groups -OCH3 is 1. The number of ether oxygens (including phenoxy) is 1. The number of nitrogens with one attached hydrogen (secondary N) is 2. The molecule has 0 atom stereocenters. The molecule has 0 unspecified atom stereocenters. The van der Waals surface area contributed by atoms with Crippen LogP contribution in [0.3, 0.4) is 0 Å². The number of benzene rings is 4. The highest BCUT2D eigenvalue weighted by atomic mass is 16.5. The van der Waals surface area contributed by atoms with Crippen molar-refractivity contribution >= 4 is 29.0 Å². The molecule has 9 nitrogen and oxygen atoms in total. The molecular formula is C41H34N6O3. The van der Waals surface area contributed by atoms with Crippen molar-refractivity contribution in [3.05, 3.63) is 174 Å². The third-order valence-corrected chi connectivity index (χ3v) is 8.68. The Balaban J connectivity index is 1.47. The first-order valence-corrected chi connectivity index (χ1v) is 16.3. The Kier molecular flexibility index (Phi) is 9.11. The lowest BCUT2D eigenvalue weighted by molar-refractivity contribution is 0.111. The number of fused-ring (bicyclic) bond motifs is 1. The van der Waals surface area contributed by atoms with Crippen molar-refractivity contribution in [2.24, 2.45) is 0 Å². The van der Waals surface area contributed by atoms with Crippen LogP contribution in [-0.2, 0) is 12.0 Å². The predicted molar refractivity (Wildman–Crippen MR) is 194 cm³/mol. The number of carbonyl (C=O) groups excluding carboxylic acids is 2. The summed E-state index contributed by atoms with van der Waals surface area (Å²) in [5, 5.41) is 11.7. The van der Waals surface area contributed by atoms with Gasteiger partial charge in [-0.15, -0.1) is 5.10 Å². The minimum atomic E-state index is -0.987. The molecule has 50 heavy (non-hydrogen) atoms. The van der Waals surface area contributed by atoms with Gasteiger partial charge in [-0.1, -0.05) is 121 Å². The maximum Gasteiger partial charge on any atom is 0.320 e. The van der Waals surface area contributed by atoms with Gasteiger partial charge in [-0.25, -0.2) is 14.5 Å². The molecule has 9 heteroatoms. The molecular weight excluding hydrogens is 624 g/mol. The standard InChI is InChI=1S/C41H34N6O3/c1-50-39-37-35(47(46-39)41(31-16-8-3-9-17-31,32-18-10-4-11-19-32)33-20-12-5-13-21-33)27-36(44-38(37)30-23-25-42-34(26-30)28-48)45-40(49)43-24-22-29-14-6-2-7-15-29/h2-21,23,25-28H,22,24H2,1H3,(H2,43,44,45,49). The summed E-state index contributed by atoms with van der Waals surface area (Å²) in [6, 6.07) is 45.3. The Morgan fingerprint density at radius 3 is 1.94 bits per heavy atom. The van der Waals surface area contributed by atoms with Crippen LogP contribution in [0.15, 0.2) is 146 Å². The smallest absolute Gasteiger partial charge is 0.320 e. The van der Waals surface area contributed by atoms with Crippen LogP contribution in [0, 0.1) is 0 Å². The Morgan fingerprint density at radius 1 is 0.800 bits per heavy atom. The van der Waals surface area contributed by atoms with Crippen LogP contribution in [0.25, 0.3) is 22.2 Å². The quantitative estimate of drug-likeness (QED) is 0.110. The fourth-order valence-electron chi connectivity index (χ4n) is 6.47. The number of hydrogen-bond acceptors (Lipinski definition) is 6. The lowest BCUT2D eigenvalue weighted by Gasteiger charge is -2.37. The second kappa shape index (κ2) is 14.2. The monoisotopic (exact) mass is 658 g/mol.